The summed E-state index contributed by atoms with van der Waals surface area (Å²) in [6.07, 6.45) is 0. The summed E-state index contributed by atoms with van der Waals surface area (Å²) in [5.41, 5.74) is 3.19. The van der Waals surface area contributed by atoms with E-state index >= 15 is 0 Å². The van der Waals surface area contributed by atoms with Crippen molar-refractivity contribution in [1.82, 2.24) is 5.32 Å². The third-order valence-electron chi connectivity index (χ3n) is 4.96. The lowest BCUT2D eigenvalue weighted by Gasteiger charge is -2.31. The Balaban J connectivity index is 1.70. The zero-order valence-corrected chi connectivity index (χ0v) is 17.3. The van der Waals surface area contributed by atoms with Crippen LogP contribution in [-0.4, -0.2) is 20.9 Å². The first-order chi connectivity index (χ1) is 13.9. The van der Waals surface area contributed by atoms with Gasteiger partial charge < -0.3 is 5.32 Å². The average molecular weight is 427 g/mol. The van der Waals surface area contributed by atoms with Gasteiger partial charge in [0.05, 0.1) is 10.6 Å². The average Bonchev–Trinajstić information content (AvgIpc) is 2.73. The van der Waals surface area contributed by atoms with Gasteiger partial charge in [0.15, 0.2) is 0 Å². The van der Waals surface area contributed by atoms with E-state index in [4.69, 9.17) is 11.6 Å². The van der Waals surface area contributed by atoms with Crippen molar-refractivity contribution in [2.75, 3.05) is 10.8 Å². The van der Waals surface area contributed by atoms with Crippen LogP contribution in [0.1, 0.15) is 22.8 Å². The Labute approximate surface area is 175 Å². The van der Waals surface area contributed by atoms with Crippen molar-refractivity contribution >= 4 is 33.2 Å². The Morgan fingerprint density at radius 3 is 2.48 bits per heavy atom. The van der Waals surface area contributed by atoms with Gasteiger partial charge in [0.1, 0.15) is 0 Å². The molecule has 1 aliphatic rings. The van der Waals surface area contributed by atoms with Gasteiger partial charge in [-0.25, -0.2) is 8.42 Å². The van der Waals surface area contributed by atoms with Gasteiger partial charge in [0.25, 0.3) is 15.9 Å². The summed E-state index contributed by atoms with van der Waals surface area (Å²) in [5.74, 6) is -0.248. The second-order valence-electron chi connectivity index (χ2n) is 6.67. The second kappa shape index (κ2) is 7.54. The summed E-state index contributed by atoms with van der Waals surface area (Å²) in [7, 11) is -3.61. The van der Waals surface area contributed by atoms with Crippen molar-refractivity contribution in [2.24, 2.45) is 0 Å². The molecule has 0 radical (unpaired) electrons. The van der Waals surface area contributed by atoms with Crippen molar-refractivity contribution in [3.63, 3.8) is 0 Å². The van der Waals surface area contributed by atoms with Crippen LogP contribution in [0.3, 0.4) is 0 Å². The summed E-state index contributed by atoms with van der Waals surface area (Å²) in [6, 6.07) is 19.3. The number of anilines is 1. The van der Waals surface area contributed by atoms with E-state index in [0.29, 0.717) is 34.9 Å². The number of nitrogens with zero attached hydrogens (tertiary/aromatic N) is 1. The molecule has 0 aliphatic carbocycles. The SMILES string of the molecule is CCN1c2ccc(C(=O)NCc3ccccc3Cl)cc2-c2ccccc2S1(=O)=O. The molecule has 0 spiro atoms. The molecule has 0 saturated heterocycles. The molecule has 29 heavy (non-hydrogen) atoms. The molecule has 1 aliphatic heterocycles. The second-order valence-corrected chi connectivity index (χ2v) is 8.91. The molecule has 1 heterocycles. The maximum Gasteiger partial charge on any atom is 0.264 e. The van der Waals surface area contributed by atoms with E-state index in [2.05, 4.69) is 5.32 Å². The largest absolute Gasteiger partial charge is 0.348 e. The standard InChI is InChI=1S/C22H19ClN2O3S/c1-2-25-20-12-11-15(22(26)24-14-16-7-3-5-9-19(16)23)13-18(20)17-8-4-6-10-21(17)29(25,27)28/h3-13H,2,14H2,1H3,(H,24,26). The van der Waals surface area contributed by atoms with E-state index in [9.17, 15) is 13.2 Å². The molecule has 148 valence electrons. The smallest absolute Gasteiger partial charge is 0.264 e. The topological polar surface area (TPSA) is 66.5 Å². The Morgan fingerprint density at radius 1 is 1.00 bits per heavy atom. The highest BCUT2D eigenvalue weighted by molar-refractivity contribution is 7.93. The van der Waals surface area contributed by atoms with Crippen molar-refractivity contribution in [3.05, 3.63) is 82.9 Å². The Hall–Kier alpha value is -2.83. The van der Waals surface area contributed by atoms with Crippen LogP contribution in [0.15, 0.2) is 71.6 Å². The fourth-order valence-corrected chi connectivity index (χ4v) is 5.44. The summed E-state index contributed by atoms with van der Waals surface area (Å²) in [6.45, 7) is 2.41. The summed E-state index contributed by atoms with van der Waals surface area (Å²) in [4.78, 5) is 13.0. The molecule has 0 fully saturated rings. The molecule has 0 unspecified atom stereocenters. The fourth-order valence-electron chi connectivity index (χ4n) is 3.53. The summed E-state index contributed by atoms with van der Waals surface area (Å²) < 4.78 is 27.3. The first-order valence-corrected chi connectivity index (χ1v) is 11.0. The van der Waals surface area contributed by atoms with Gasteiger partial charge in [-0.1, -0.05) is 48.0 Å². The maximum absolute atomic E-state index is 12.9. The number of fused-ring (bicyclic) bond motifs is 3. The Bertz CT molecular complexity index is 1210. The zero-order chi connectivity index (χ0) is 20.6. The molecule has 7 heteroatoms. The third kappa shape index (κ3) is 3.39. The number of carbonyl (C=O) groups is 1. The molecule has 3 aromatic carbocycles. The Morgan fingerprint density at radius 2 is 1.72 bits per heavy atom. The number of sulfonamides is 1. The van der Waals surface area contributed by atoms with E-state index < -0.39 is 10.0 Å². The maximum atomic E-state index is 12.9. The lowest BCUT2D eigenvalue weighted by atomic mass is 10.00. The molecule has 3 aromatic rings. The Kier molecular flexibility index (Phi) is 5.06. The molecular formula is C22H19ClN2O3S. The van der Waals surface area contributed by atoms with Crippen LogP contribution in [-0.2, 0) is 16.6 Å². The molecule has 0 saturated carbocycles. The number of hydrogen-bond acceptors (Lipinski definition) is 3. The van der Waals surface area contributed by atoms with Crippen LogP contribution in [0.5, 0.6) is 0 Å². The highest BCUT2D eigenvalue weighted by atomic mass is 35.5. The van der Waals surface area contributed by atoms with Crippen LogP contribution in [0.4, 0.5) is 5.69 Å². The predicted molar refractivity (Wildman–Crippen MR) is 115 cm³/mol. The van der Waals surface area contributed by atoms with E-state index in [1.807, 2.05) is 18.2 Å². The molecule has 0 atom stereocenters. The van der Waals surface area contributed by atoms with Crippen molar-refractivity contribution in [3.8, 4) is 11.1 Å². The quantitative estimate of drug-likeness (QED) is 0.669. The van der Waals surface area contributed by atoms with E-state index in [1.54, 1.807) is 55.5 Å². The lowest BCUT2D eigenvalue weighted by Crippen LogP contribution is -2.34. The van der Waals surface area contributed by atoms with Crippen LogP contribution >= 0.6 is 11.6 Å². The molecule has 1 amide bonds. The molecule has 0 bridgehead atoms. The van der Waals surface area contributed by atoms with Gasteiger partial charge in [-0.15, -0.1) is 0 Å². The van der Waals surface area contributed by atoms with Gasteiger partial charge in [-0.3, -0.25) is 9.10 Å². The van der Waals surface area contributed by atoms with Crippen molar-refractivity contribution < 1.29 is 13.2 Å². The third-order valence-corrected chi connectivity index (χ3v) is 7.27. The minimum atomic E-state index is -3.61. The lowest BCUT2D eigenvalue weighted by molar-refractivity contribution is 0.0951. The number of benzene rings is 3. The van der Waals surface area contributed by atoms with Crippen LogP contribution in [0, 0.1) is 0 Å². The number of halogens is 1. The van der Waals surface area contributed by atoms with Gasteiger partial charge in [-0.2, -0.15) is 0 Å². The molecule has 4 rings (SSSR count). The van der Waals surface area contributed by atoms with E-state index in [0.717, 1.165) is 11.1 Å². The van der Waals surface area contributed by atoms with Gasteiger partial charge in [0, 0.05) is 34.8 Å². The minimum Gasteiger partial charge on any atom is -0.348 e. The monoisotopic (exact) mass is 426 g/mol. The molecule has 0 aromatic heterocycles. The predicted octanol–water partition coefficient (Wildman–Crippen LogP) is 4.47. The van der Waals surface area contributed by atoms with E-state index in [-0.39, 0.29) is 10.8 Å². The number of nitrogens with one attached hydrogen (secondary N) is 1. The molecule has 5 nitrogen and oxygen atoms in total. The number of carbonyl (C=O) groups excluding carboxylic acids is 1. The number of rotatable bonds is 4. The first kappa shape index (κ1) is 19.5. The molecule has 1 N–H and O–H groups in total. The number of hydrogen-bond donors (Lipinski definition) is 1. The van der Waals surface area contributed by atoms with Crippen LogP contribution in [0.2, 0.25) is 5.02 Å². The van der Waals surface area contributed by atoms with Crippen molar-refractivity contribution in [2.45, 2.75) is 18.4 Å². The van der Waals surface area contributed by atoms with Gasteiger partial charge in [0.2, 0.25) is 0 Å². The highest BCUT2D eigenvalue weighted by Gasteiger charge is 2.34. The van der Waals surface area contributed by atoms with Gasteiger partial charge >= 0.3 is 0 Å². The van der Waals surface area contributed by atoms with Crippen molar-refractivity contribution in [1.29, 1.82) is 0 Å². The minimum absolute atomic E-state index is 0.248. The van der Waals surface area contributed by atoms with E-state index in [1.165, 1.54) is 4.31 Å². The summed E-state index contributed by atoms with van der Waals surface area (Å²) in [5, 5.41) is 3.47. The molecular weight excluding hydrogens is 408 g/mol. The first-order valence-electron chi connectivity index (χ1n) is 9.21. The normalized spacial score (nSPS) is 14.1. The zero-order valence-electron chi connectivity index (χ0n) is 15.7. The number of amides is 1. The highest BCUT2D eigenvalue weighted by Crippen LogP contribution is 2.43. The fraction of sp³-hybridized carbons (Fsp3) is 0.136. The van der Waals surface area contributed by atoms with Crippen LogP contribution in [0.25, 0.3) is 11.1 Å². The van der Waals surface area contributed by atoms with Crippen LogP contribution < -0.4 is 9.62 Å². The summed E-state index contributed by atoms with van der Waals surface area (Å²) >= 11 is 6.15. The van der Waals surface area contributed by atoms with Gasteiger partial charge in [-0.05, 0) is 42.8 Å².